The molecule has 1 aliphatic rings. The highest BCUT2D eigenvalue weighted by atomic mass is 32.2. The van der Waals surface area contributed by atoms with Crippen LogP contribution in [0.3, 0.4) is 0 Å². The third kappa shape index (κ3) is 4.92. The summed E-state index contributed by atoms with van der Waals surface area (Å²) < 4.78 is 53.0. The first-order valence-corrected chi connectivity index (χ1v) is 10.2. The SMILES string of the molecule is O=S(=O)(Nc1ccc(F)c(F)c1)c1ccc(NCC2(O)CCCCC2)nc1. The van der Waals surface area contributed by atoms with Gasteiger partial charge in [-0.2, -0.15) is 0 Å². The molecule has 0 amide bonds. The molecule has 0 aliphatic heterocycles. The quantitative estimate of drug-likeness (QED) is 0.696. The van der Waals surface area contributed by atoms with Gasteiger partial charge in [0, 0.05) is 18.8 Å². The average Bonchev–Trinajstić information content (AvgIpc) is 2.64. The van der Waals surface area contributed by atoms with Gasteiger partial charge in [-0.25, -0.2) is 22.2 Å². The van der Waals surface area contributed by atoms with Crippen molar-refractivity contribution in [2.24, 2.45) is 0 Å². The molecule has 6 nitrogen and oxygen atoms in total. The predicted molar refractivity (Wildman–Crippen MR) is 97.9 cm³/mol. The van der Waals surface area contributed by atoms with Crippen molar-refractivity contribution < 1.29 is 22.3 Å². The Kier molecular flexibility index (Phi) is 5.61. The molecule has 1 heterocycles. The fraction of sp³-hybridized carbons (Fsp3) is 0.389. The summed E-state index contributed by atoms with van der Waals surface area (Å²) in [5.74, 6) is -1.76. The molecule has 1 fully saturated rings. The van der Waals surface area contributed by atoms with Gasteiger partial charge in [-0.05, 0) is 37.1 Å². The van der Waals surface area contributed by atoms with Gasteiger partial charge in [0.15, 0.2) is 11.6 Å². The summed E-state index contributed by atoms with van der Waals surface area (Å²) >= 11 is 0. The number of anilines is 2. The molecular weight excluding hydrogens is 376 g/mol. The zero-order valence-corrected chi connectivity index (χ0v) is 15.4. The smallest absolute Gasteiger partial charge is 0.263 e. The number of hydrogen-bond donors (Lipinski definition) is 3. The first-order valence-electron chi connectivity index (χ1n) is 8.68. The van der Waals surface area contributed by atoms with Gasteiger partial charge in [0.05, 0.1) is 11.3 Å². The van der Waals surface area contributed by atoms with E-state index in [1.165, 1.54) is 12.1 Å². The van der Waals surface area contributed by atoms with Crippen molar-refractivity contribution in [1.29, 1.82) is 0 Å². The van der Waals surface area contributed by atoms with Crippen LogP contribution in [0.25, 0.3) is 0 Å². The first kappa shape index (κ1) is 19.5. The highest BCUT2D eigenvalue weighted by molar-refractivity contribution is 7.92. The first-order chi connectivity index (χ1) is 12.8. The average molecular weight is 397 g/mol. The second-order valence-electron chi connectivity index (χ2n) is 6.75. The minimum atomic E-state index is -3.99. The van der Waals surface area contributed by atoms with Crippen LogP contribution in [0.2, 0.25) is 0 Å². The van der Waals surface area contributed by atoms with Crippen LogP contribution >= 0.6 is 0 Å². The van der Waals surface area contributed by atoms with E-state index in [2.05, 4.69) is 15.0 Å². The van der Waals surface area contributed by atoms with Crippen molar-refractivity contribution in [2.45, 2.75) is 42.6 Å². The maximum Gasteiger partial charge on any atom is 0.263 e. The van der Waals surface area contributed by atoms with E-state index in [0.717, 1.165) is 56.5 Å². The molecule has 1 saturated carbocycles. The maximum absolute atomic E-state index is 13.2. The van der Waals surface area contributed by atoms with Crippen LogP contribution < -0.4 is 10.0 Å². The van der Waals surface area contributed by atoms with Gasteiger partial charge in [0.1, 0.15) is 10.7 Å². The Balaban J connectivity index is 1.65. The van der Waals surface area contributed by atoms with Gasteiger partial charge in [0.25, 0.3) is 10.0 Å². The zero-order chi connectivity index (χ0) is 19.5. The molecule has 3 N–H and O–H groups in total. The Hall–Kier alpha value is -2.26. The Labute approximate surface area is 156 Å². The summed E-state index contributed by atoms with van der Waals surface area (Å²) in [6.45, 7) is 0.346. The Morgan fingerprint density at radius 2 is 1.81 bits per heavy atom. The summed E-state index contributed by atoms with van der Waals surface area (Å²) in [5.41, 5.74) is -0.852. The molecule has 0 saturated heterocycles. The van der Waals surface area contributed by atoms with E-state index in [9.17, 15) is 22.3 Å². The van der Waals surface area contributed by atoms with Crippen LogP contribution in [0.4, 0.5) is 20.3 Å². The lowest BCUT2D eigenvalue weighted by Gasteiger charge is -2.32. The lowest BCUT2D eigenvalue weighted by atomic mass is 9.85. The van der Waals surface area contributed by atoms with E-state index in [0.29, 0.717) is 12.4 Å². The molecule has 3 rings (SSSR count). The lowest BCUT2D eigenvalue weighted by molar-refractivity contribution is 0.0166. The summed E-state index contributed by atoms with van der Waals surface area (Å²) in [6, 6.07) is 5.58. The van der Waals surface area contributed by atoms with Gasteiger partial charge in [-0.1, -0.05) is 19.3 Å². The van der Waals surface area contributed by atoms with Crippen molar-refractivity contribution >= 4 is 21.5 Å². The summed E-state index contributed by atoms with van der Waals surface area (Å²) in [5, 5.41) is 13.5. The zero-order valence-electron chi connectivity index (χ0n) is 14.6. The molecule has 1 aliphatic carbocycles. The molecule has 0 spiro atoms. The molecule has 0 radical (unpaired) electrons. The van der Waals surface area contributed by atoms with Gasteiger partial charge >= 0.3 is 0 Å². The van der Waals surface area contributed by atoms with Crippen molar-refractivity contribution in [3.63, 3.8) is 0 Å². The van der Waals surface area contributed by atoms with Crippen LogP contribution in [0, 0.1) is 11.6 Å². The Morgan fingerprint density at radius 3 is 2.44 bits per heavy atom. The van der Waals surface area contributed by atoms with E-state index in [-0.39, 0.29) is 10.6 Å². The third-order valence-corrected chi connectivity index (χ3v) is 5.97. The van der Waals surface area contributed by atoms with Crippen LogP contribution in [0.5, 0.6) is 0 Å². The Bertz CT molecular complexity index is 899. The van der Waals surface area contributed by atoms with Crippen LogP contribution in [0.15, 0.2) is 41.4 Å². The number of aromatic nitrogens is 1. The molecule has 146 valence electrons. The van der Waals surface area contributed by atoms with Crippen LogP contribution in [0.1, 0.15) is 32.1 Å². The number of aliphatic hydroxyl groups is 1. The standard InChI is InChI=1S/C18H21F2N3O3S/c19-15-6-4-13(10-16(15)20)23-27(25,26)14-5-7-17(21-11-14)22-12-18(24)8-2-1-3-9-18/h4-7,10-11,23-24H,1-3,8-9,12H2,(H,21,22). The fourth-order valence-electron chi connectivity index (χ4n) is 3.06. The third-order valence-electron chi connectivity index (χ3n) is 4.60. The van der Waals surface area contributed by atoms with Gasteiger partial charge in [0.2, 0.25) is 0 Å². The van der Waals surface area contributed by atoms with E-state index >= 15 is 0 Å². The van der Waals surface area contributed by atoms with Crippen molar-refractivity contribution in [1.82, 2.24) is 4.98 Å². The number of benzene rings is 1. The highest BCUT2D eigenvalue weighted by Crippen LogP contribution is 2.28. The van der Waals surface area contributed by atoms with Gasteiger partial charge in [-0.3, -0.25) is 4.72 Å². The summed E-state index contributed by atoms with van der Waals surface area (Å²) in [6.07, 6.45) is 5.71. The molecule has 1 aromatic carbocycles. The van der Waals surface area contributed by atoms with Gasteiger partial charge < -0.3 is 10.4 Å². The number of pyridine rings is 1. The van der Waals surface area contributed by atoms with Crippen molar-refractivity contribution in [3.05, 3.63) is 48.2 Å². The number of halogens is 2. The summed E-state index contributed by atoms with van der Waals surface area (Å²) in [7, 11) is -3.99. The molecule has 0 bridgehead atoms. The molecule has 1 aromatic heterocycles. The van der Waals surface area contributed by atoms with Crippen molar-refractivity contribution in [3.8, 4) is 0 Å². The molecule has 0 unspecified atom stereocenters. The molecule has 27 heavy (non-hydrogen) atoms. The summed E-state index contributed by atoms with van der Waals surface area (Å²) in [4.78, 5) is 3.94. The van der Waals surface area contributed by atoms with Crippen molar-refractivity contribution in [2.75, 3.05) is 16.6 Å². The van der Waals surface area contributed by atoms with E-state index in [1.54, 1.807) is 0 Å². The number of rotatable bonds is 6. The minimum Gasteiger partial charge on any atom is -0.388 e. The van der Waals surface area contributed by atoms with Gasteiger partial charge in [-0.15, -0.1) is 0 Å². The van der Waals surface area contributed by atoms with Crippen LogP contribution in [-0.2, 0) is 10.0 Å². The van der Waals surface area contributed by atoms with E-state index < -0.39 is 27.3 Å². The predicted octanol–water partition coefficient (Wildman–Crippen LogP) is 3.27. The fourth-order valence-corrected chi connectivity index (χ4v) is 4.05. The monoisotopic (exact) mass is 397 g/mol. The second kappa shape index (κ2) is 7.77. The molecule has 9 heteroatoms. The normalized spacial score (nSPS) is 16.7. The number of sulfonamides is 1. The van der Waals surface area contributed by atoms with E-state index in [1.807, 2.05) is 0 Å². The number of nitrogens with one attached hydrogen (secondary N) is 2. The molecule has 2 aromatic rings. The maximum atomic E-state index is 13.2. The number of nitrogens with zero attached hydrogens (tertiary/aromatic N) is 1. The highest BCUT2D eigenvalue weighted by Gasteiger charge is 2.28. The largest absolute Gasteiger partial charge is 0.388 e. The topological polar surface area (TPSA) is 91.3 Å². The Morgan fingerprint density at radius 1 is 1.07 bits per heavy atom. The second-order valence-corrected chi connectivity index (χ2v) is 8.43. The van der Waals surface area contributed by atoms with E-state index in [4.69, 9.17) is 0 Å². The number of hydrogen-bond acceptors (Lipinski definition) is 5. The minimum absolute atomic E-state index is 0.0874. The lowest BCUT2D eigenvalue weighted by Crippen LogP contribution is -2.38. The molecular formula is C18H21F2N3O3S. The van der Waals surface area contributed by atoms with Crippen LogP contribution in [-0.4, -0.2) is 30.7 Å². The molecule has 0 atom stereocenters.